The first-order valence-corrected chi connectivity index (χ1v) is 8.59. The summed E-state index contributed by atoms with van der Waals surface area (Å²) in [5, 5.41) is 20.4. The van der Waals surface area contributed by atoms with E-state index in [0.29, 0.717) is 11.3 Å². The van der Waals surface area contributed by atoms with E-state index in [4.69, 9.17) is 0 Å². The molecule has 0 spiro atoms. The van der Waals surface area contributed by atoms with Crippen LogP contribution in [0.1, 0.15) is 29.7 Å². The van der Waals surface area contributed by atoms with Gasteiger partial charge in [-0.25, -0.2) is 0 Å². The van der Waals surface area contributed by atoms with Crippen molar-refractivity contribution in [2.75, 3.05) is 4.90 Å². The summed E-state index contributed by atoms with van der Waals surface area (Å²) in [6, 6.07) is 20.3. The maximum Gasteiger partial charge on any atom is 0.224 e. The van der Waals surface area contributed by atoms with E-state index in [9.17, 15) is 15.2 Å². The molecule has 5 heteroatoms. The van der Waals surface area contributed by atoms with Crippen molar-refractivity contribution in [2.45, 2.75) is 18.4 Å². The third-order valence-corrected chi connectivity index (χ3v) is 5.06. The molecule has 4 rings (SSSR count). The van der Waals surface area contributed by atoms with Gasteiger partial charge in [-0.15, -0.1) is 0 Å². The minimum atomic E-state index is -1.11. The van der Waals surface area contributed by atoms with Crippen molar-refractivity contribution in [1.82, 2.24) is 4.98 Å². The first kappa shape index (κ1) is 16.8. The summed E-state index contributed by atoms with van der Waals surface area (Å²) in [6.07, 6.45) is 2.93. The number of para-hydroxylation sites is 1. The average molecular weight is 355 g/mol. The standard InChI is InChI=1S/C22H17N3O2/c1-15(26)25-20-10-6-5-9-19(20)22(14-23,17-7-3-2-4-8-17)21(25)16-11-18(27)13-24-12-16/h2-13,21,27H,1H3/t21-,22+/m0/s1. The fourth-order valence-corrected chi connectivity index (χ4v) is 4.04. The molecule has 1 amide bonds. The van der Waals surface area contributed by atoms with Gasteiger partial charge in [-0.3, -0.25) is 9.78 Å². The topological polar surface area (TPSA) is 77.2 Å². The van der Waals surface area contributed by atoms with Crippen molar-refractivity contribution in [1.29, 1.82) is 5.26 Å². The second-order valence-corrected chi connectivity index (χ2v) is 6.57. The first-order valence-electron chi connectivity index (χ1n) is 8.59. The molecule has 1 aliphatic heterocycles. The van der Waals surface area contributed by atoms with Crippen molar-refractivity contribution in [3.63, 3.8) is 0 Å². The molecule has 0 saturated carbocycles. The van der Waals surface area contributed by atoms with Gasteiger partial charge in [0.2, 0.25) is 5.91 Å². The van der Waals surface area contributed by atoms with Crippen LogP contribution in [-0.4, -0.2) is 16.0 Å². The van der Waals surface area contributed by atoms with Crippen molar-refractivity contribution in [3.05, 3.63) is 89.7 Å². The van der Waals surface area contributed by atoms with Crippen LogP contribution < -0.4 is 4.90 Å². The lowest BCUT2D eigenvalue weighted by Gasteiger charge is -2.34. The number of pyridine rings is 1. The molecule has 27 heavy (non-hydrogen) atoms. The van der Waals surface area contributed by atoms with Gasteiger partial charge >= 0.3 is 0 Å². The fourth-order valence-electron chi connectivity index (χ4n) is 4.04. The Morgan fingerprint density at radius 2 is 1.85 bits per heavy atom. The quantitative estimate of drug-likeness (QED) is 0.760. The van der Waals surface area contributed by atoms with Crippen LogP contribution >= 0.6 is 0 Å². The van der Waals surface area contributed by atoms with E-state index in [1.165, 1.54) is 13.1 Å². The predicted molar refractivity (Wildman–Crippen MR) is 101 cm³/mol. The van der Waals surface area contributed by atoms with Gasteiger partial charge < -0.3 is 10.0 Å². The van der Waals surface area contributed by atoms with Crippen LogP contribution in [0.25, 0.3) is 0 Å². The number of carbonyl (C=O) groups excluding carboxylic acids is 1. The Morgan fingerprint density at radius 3 is 2.52 bits per heavy atom. The Labute approximate surface area is 157 Å². The molecule has 1 aliphatic rings. The van der Waals surface area contributed by atoms with Gasteiger partial charge in [0, 0.05) is 24.4 Å². The Balaban J connectivity index is 2.09. The third-order valence-electron chi connectivity index (χ3n) is 5.06. The number of amides is 1. The summed E-state index contributed by atoms with van der Waals surface area (Å²) in [4.78, 5) is 18.4. The molecule has 0 radical (unpaired) electrons. The molecule has 0 fully saturated rings. The van der Waals surface area contributed by atoms with E-state index in [0.717, 1.165) is 11.1 Å². The summed E-state index contributed by atoms with van der Waals surface area (Å²) in [5.41, 5.74) is 1.74. The second-order valence-electron chi connectivity index (χ2n) is 6.57. The highest BCUT2D eigenvalue weighted by atomic mass is 16.3. The number of nitriles is 1. The summed E-state index contributed by atoms with van der Waals surface area (Å²) in [7, 11) is 0. The van der Waals surface area contributed by atoms with Crippen LogP contribution in [0, 0.1) is 11.3 Å². The van der Waals surface area contributed by atoms with Gasteiger partial charge in [0.1, 0.15) is 11.2 Å². The molecule has 0 aliphatic carbocycles. The zero-order chi connectivity index (χ0) is 19.0. The van der Waals surface area contributed by atoms with E-state index in [1.807, 2.05) is 54.6 Å². The van der Waals surface area contributed by atoms with Crippen LogP contribution in [0.15, 0.2) is 73.1 Å². The highest BCUT2D eigenvalue weighted by Gasteiger charge is 2.54. The summed E-state index contributed by atoms with van der Waals surface area (Å²) in [6.45, 7) is 1.48. The predicted octanol–water partition coefficient (Wildman–Crippen LogP) is 3.70. The number of aromatic nitrogens is 1. The number of fused-ring (bicyclic) bond motifs is 1. The molecule has 3 aromatic rings. The van der Waals surface area contributed by atoms with E-state index in [-0.39, 0.29) is 11.7 Å². The molecule has 0 bridgehead atoms. The molecule has 0 saturated heterocycles. The van der Waals surface area contributed by atoms with E-state index in [1.54, 1.807) is 17.2 Å². The fraction of sp³-hybridized carbons (Fsp3) is 0.136. The van der Waals surface area contributed by atoms with Gasteiger partial charge in [-0.2, -0.15) is 5.26 Å². The molecule has 2 atom stereocenters. The first-order chi connectivity index (χ1) is 13.1. The van der Waals surface area contributed by atoms with Crippen LogP contribution in [0.5, 0.6) is 5.75 Å². The van der Waals surface area contributed by atoms with E-state index in [2.05, 4.69) is 11.1 Å². The normalized spacial score (nSPS) is 20.7. The zero-order valence-electron chi connectivity index (χ0n) is 14.7. The van der Waals surface area contributed by atoms with Gasteiger partial charge in [-0.05, 0) is 23.3 Å². The highest BCUT2D eigenvalue weighted by molar-refractivity contribution is 5.97. The van der Waals surface area contributed by atoms with Crippen LogP contribution in [0.2, 0.25) is 0 Å². The van der Waals surface area contributed by atoms with Gasteiger partial charge in [0.25, 0.3) is 0 Å². The number of hydrogen-bond acceptors (Lipinski definition) is 4. The monoisotopic (exact) mass is 355 g/mol. The molecule has 2 aromatic carbocycles. The number of aromatic hydroxyl groups is 1. The molecule has 132 valence electrons. The number of nitrogens with zero attached hydrogens (tertiary/aromatic N) is 3. The Bertz CT molecular complexity index is 1060. The molecular formula is C22H17N3O2. The van der Waals surface area contributed by atoms with Gasteiger partial charge in [0.15, 0.2) is 0 Å². The Morgan fingerprint density at radius 1 is 1.15 bits per heavy atom. The Kier molecular flexibility index (Phi) is 3.89. The van der Waals surface area contributed by atoms with Crippen molar-refractivity contribution in [3.8, 4) is 11.8 Å². The molecule has 1 aromatic heterocycles. The SMILES string of the molecule is CC(=O)N1c2ccccc2[C@@](C#N)(c2ccccc2)[C@@H]1c1cncc(O)c1. The van der Waals surface area contributed by atoms with Crippen molar-refractivity contribution < 1.29 is 9.90 Å². The van der Waals surface area contributed by atoms with Crippen LogP contribution in [0.3, 0.4) is 0 Å². The molecular weight excluding hydrogens is 338 g/mol. The van der Waals surface area contributed by atoms with Crippen molar-refractivity contribution in [2.24, 2.45) is 0 Å². The highest BCUT2D eigenvalue weighted by Crippen LogP contribution is 2.56. The summed E-state index contributed by atoms with van der Waals surface area (Å²) in [5.74, 6) is -0.185. The second kappa shape index (κ2) is 6.26. The largest absolute Gasteiger partial charge is 0.506 e. The number of anilines is 1. The van der Waals surface area contributed by atoms with Gasteiger partial charge in [0.05, 0.1) is 18.3 Å². The molecule has 2 heterocycles. The molecule has 5 nitrogen and oxygen atoms in total. The number of rotatable bonds is 2. The number of carbonyl (C=O) groups is 1. The minimum absolute atomic E-state index is 0.00754. The maximum absolute atomic E-state index is 12.6. The zero-order valence-corrected chi connectivity index (χ0v) is 14.7. The minimum Gasteiger partial charge on any atom is -0.506 e. The maximum atomic E-state index is 12.6. The molecule has 0 unspecified atom stereocenters. The van der Waals surface area contributed by atoms with Crippen molar-refractivity contribution >= 4 is 11.6 Å². The van der Waals surface area contributed by atoms with Crippen LogP contribution in [0.4, 0.5) is 5.69 Å². The average Bonchev–Trinajstić information content (AvgIpc) is 3.00. The number of benzene rings is 2. The van der Waals surface area contributed by atoms with Gasteiger partial charge in [-0.1, -0.05) is 48.5 Å². The lowest BCUT2D eigenvalue weighted by atomic mass is 9.70. The number of hydrogen-bond donors (Lipinski definition) is 1. The van der Waals surface area contributed by atoms with E-state index < -0.39 is 11.5 Å². The van der Waals surface area contributed by atoms with E-state index >= 15 is 0 Å². The molecule has 1 N–H and O–H groups in total. The lowest BCUT2D eigenvalue weighted by molar-refractivity contribution is -0.117. The lowest BCUT2D eigenvalue weighted by Crippen LogP contribution is -2.40. The summed E-state index contributed by atoms with van der Waals surface area (Å²) < 4.78 is 0. The Hall–Kier alpha value is -3.65. The summed E-state index contributed by atoms with van der Waals surface area (Å²) >= 11 is 0. The third kappa shape index (κ3) is 2.38. The smallest absolute Gasteiger partial charge is 0.224 e. The van der Waals surface area contributed by atoms with Crippen LogP contribution in [-0.2, 0) is 10.2 Å².